The van der Waals surface area contributed by atoms with Crippen LogP contribution in [0.1, 0.15) is 51.1 Å². The van der Waals surface area contributed by atoms with E-state index in [0.717, 1.165) is 10.4 Å². The van der Waals surface area contributed by atoms with Gasteiger partial charge in [0.2, 0.25) is 0 Å². The number of anilines is 1. The van der Waals surface area contributed by atoms with Gasteiger partial charge in [0, 0.05) is 29.3 Å². The van der Waals surface area contributed by atoms with Crippen molar-refractivity contribution in [1.82, 2.24) is 0 Å². The summed E-state index contributed by atoms with van der Waals surface area (Å²) in [5, 5.41) is 0. The van der Waals surface area contributed by atoms with E-state index in [1.54, 1.807) is 0 Å². The van der Waals surface area contributed by atoms with Crippen molar-refractivity contribution in [2.75, 3.05) is 11.9 Å². The van der Waals surface area contributed by atoms with E-state index in [1.807, 2.05) is 0 Å². The van der Waals surface area contributed by atoms with Crippen LogP contribution in [0.4, 0.5) is 5.69 Å². The van der Waals surface area contributed by atoms with Gasteiger partial charge >= 0.3 is 0 Å². The molecule has 2 N–H and O–H groups in total. The standard InChI is InChI=1S/C16H25BrN2/c1-11-5-4-6-14(9-11)19(3)16-8-7-13(17)10-15(16)12(2)18/h7-8,10-12,14H,4-6,9,18H2,1-3H3. The van der Waals surface area contributed by atoms with E-state index in [-0.39, 0.29) is 6.04 Å². The van der Waals surface area contributed by atoms with Crippen LogP contribution in [0.2, 0.25) is 0 Å². The monoisotopic (exact) mass is 324 g/mol. The Balaban J connectivity index is 2.25. The number of nitrogens with zero attached hydrogens (tertiary/aromatic N) is 1. The molecule has 0 heterocycles. The molecule has 3 unspecified atom stereocenters. The summed E-state index contributed by atoms with van der Waals surface area (Å²) in [5.74, 6) is 0.843. The van der Waals surface area contributed by atoms with E-state index in [0.29, 0.717) is 6.04 Å². The third-order valence-electron chi connectivity index (χ3n) is 4.32. The Kier molecular flexibility index (Phi) is 4.91. The van der Waals surface area contributed by atoms with Gasteiger partial charge in [-0.15, -0.1) is 0 Å². The third-order valence-corrected chi connectivity index (χ3v) is 4.81. The van der Waals surface area contributed by atoms with Gasteiger partial charge in [0.05, 0.1) is 0 Å². The highest BCUT2D eigenvalue weighted by Gasteiger charge is 2.24. The summed E-state index contributed by atoms with van der Waals surface area (Å²) < 4.78 is 1.11. The fourth-order valence-corrected chi connectivity index (χ4v) is 3.54. The fraction of sp³-hybridized carbons (Fsp3) is 0.625. The van der Waals surface area contributed by atoms with Crippen molar-refractivity contribution in [2.45, 2.75) is 51.6 Å². The van der Waals surface area contributed by atoms with Crippen LogP contribution in [-0.2, 0) is 0 Å². The van der Waals surface area contributed by atoms with E-state index in [4.69, 9.17) is 5.73 Å². The van der Waals surface area contributed by atoms with Gasteiger partial charge in [0.25, 0.3) is 0 Å². The topological polar surface area (TPSA) is 29.3 Å². The molecular formula is C16H25BrN2. The Bertz CT molecular complexity index is 431. The van der Waals surface area contributed by atoms with Gasteiger partial charge in [0.15, 0.2) is 0 Å². The summed E-state index contributed by atoms with van der Waals surface area (Å²) in [7, 11) is 2.22. The van der Waals surface area contributed by atoms with Gasteiger partial charge < -0.3 is 10.6 Å². The average Bonchev–Trinajstić information content (AvgIpc) is 2.37. The number of rotatable bonds is 3. The Hall–Kier alpha value is -0.540. The number of hydrogen-bond donors (Lipinski definition) is 1. The lowest BCUT2D eigenvalue weighted by molar-refractivity contribution is 0.336. The van der Waals surface area contributed by atoms with Crippen molar-refractivity contribution in [1.29, 1.82) is 0 Å². The van der Waals surface area contributed by atoms with Crippen LogP contribution >= 0.6 is 15.9 Å². The summed E-state index contributed by atoms with van der Waals surface area (Å²) in [6.45, 7) is 4.43. The van der Waals surface area contributed by atoms with Crippen molar-refractivity contribution < 1.29 is 0 Å². The van der Waals surface area contributed by atoms with E-state index in [1.165, 1.54) is 36.9 Å². The summed E-state index contributed by atoms with van der Waals surface area (Å²) >= 11 is 3.55. The van der Waals surface area contributed by atoms with Crippen molar-refractivity contribution in [3.05, 3.63) is 28.2 Å². The first-order valence-corrected chi connectivity index (χ1v) is 8.06. The molecule has 0 aliphatic heterocycles. The molecule has 1 aromatic rings. The third kappa shape index (κ3) is 3.51. The smallest absolute Gasteiger partial charge is 0.0415 e. The number of benzene rings is 1. The largest absolute Gasteiger partial charge is 0.371 e. The van der Waals surface area contributed by atoms with Gasteiger partial charge in [-0.25, -0.2) is 0 Å². The highest BCUT2D eigenvalue weighted by atomic mass is 79.9. The molecule has 2 nitrogen and oxygen atoms in total. The maximum Gasteiger partial charge on any atom is 0.0415 e. The molecule has 1 aliphatic rings. The molecule has 0 bridgehead atoms. The zero-order chi connectivity index (χ0) is 14.0. The summed E-state index contributed by atoms with van der Waals surface area (Å²) in [5.41, 5.74) is 8.65. The van der Waals surface area contributed by atoms with Crippen LogP contribution in [-0.4, -0.2) is 13.1 Å². The molecule has 0 aromatic heterocycles. The van der Waals surface area contributed by atoms with Gasteiger partial charge in [0.1, 0.15) is 0 Å². The van der Waals surface area contributed by atoms with Gasteiger partial charge in [-0.2, -0.15) is 0 Å². The van der Waals surface area contributed by atoms with Gasteiger partial charge in [-0.05, 0) is 49.4 Å². The lowest BCUT2D eigenvalue weighted by Gasteiger charge is -2.37. The predicted molar refractivity (Wildman–Crippen MR) is 86.6 cm³/mol. The van der Waals surface area contributed by atoms with Crippen LogP contribution in [0.3, 0.4) is 0 Å². The van der Waals surface area contributed by atoms with Crippen molar-refractivity contribution in [2.24, 2.45) is 11.7 Å². The first-order valence-electron chi connectivity index (χ1n) is 7.27. The maximum absolute atomic E-state index is 6.13. The first kappa shape index (κ1) is 14.9. The van der Waals surface area contributed by atoms with Crippen LogP contribution in [0.15, 0.2) is 22.7 Å². The Morgan fingerprint density at radius 3 is 2.74 bits per heavy atom. The molecule has 0 amide bonds. The SMILES string of the molecule is CC1CCCC(N(C)c2ccc(Br)cc2C(C)N)C1. The molecule has 1 saturated carbocycles. The van der Waals surface area contributed by atoms with E-state index in [2.05, 4.69) is 59.9 Å². The van der Waals surface area contributed by atoms with E-state index >= 15 is 0 Å². The minimum absolute atomic E-state index is 0.0657. The molecule has 1 aromatic carbocycles. The molecule has 106 valence electrons. The van der Waals surface area contributed by atoms with Crippen LogP contribution in [0.25, 0.3) is 0 Å². The van der Waals surface area contributed by atoms with Crippen LogP contribution < -0.4 is 10.6 Å². The fourth-order valence-electron chi connectivity index (χ4n) is 3.16. The predicted octanol–water partition coefficient (Wildman–Crippen LogP) is 4.48. The molecular weight excluding hydrogens is 300 g/mol. The summed E-state index contributed by atoms with van der Waals surface area (Å²) in [6, 6.07) is 7.19. The lowest BCUT2D eigenvalue weighted by Crippen LogP contribution is -2.36. The molecule has 19 heavy (non-hydrogen) atoms. The van der Waals surface area contributed by atoms with Crippen molar-refractivity contribution in [3.8, 4) is 0 Å². The maximum atomic E-state index is 6.13. The van der Waals surface area contributed by atoms with Crippen LogP contribution in [0.5, 0.6) is 0 Å². The molecule has 1 fully saturated rings. The molecule has 3 heteroatoms. The highest BCUT2D eigenvalue weighted by Crippen LogP contribution is 2.34. The minimum Gasteiger partial charge on any atom is -0.371 e. The Morgan fingerprint density at radius 1 is 1.37 bits per heavy atom. The molecule has 0 radical (unpaired) electrons. The quantitative estimate of drug-likeness (QED) is 0.887. The van der Waals surface area contributed by atoms with Gasteiger partial charge in [-0.1, -0.05) is 35.7 Å². The van der Waals surface area contributed by atoms with Crippen LogP contribution in [0, 0.1) is 5.92 Å². The number of nitrogens with two attached hydrogens (primary N) is 1. The molecule has 1 aliphatic carbocycles. The normalized spacial score (nSPS) is 25.1. The molecule has 3 atom stereocenters. The molecule has 0 spiro atoms. The zero-order valence-corrected chi connectivity index (χ0v) is 13.8. The molecule has 0 saturated heterocycles. The second-order valence-corrected chi connectivity index (χ2v) is 6.94. The lowest BCUT2D eigenvalue weighted by atomic mass is 9.86. The second-order valence-electron chi connectivity index (χ2n) is 6.03. The summed E-state index contributed by atoms with van der Waals surface area (Å²) in [6.07, 6.45) is 5.32. The minimum atomic E-state index is 0.0657. The van der Waals surface area contributed by atoms with Gasteiger partial charge in [-0.3, -0.25) is 0 Å². The Morgan fingerprint density at radius 2 is 2.11 bits per heavy atom. The number of halogens is 1. The van der Waals surface area contributed by atoms with Crippen molar-refractivity contribution in [3.63, 3.8) is 0 Å². The molecule has 2 rings (SSSR count). The van der Waals surface area contributed by atoms with E-state index in [9.17, 15) is 0 Å². The zero-order valence-electron chi connectivity index (χ0n) is 12.2. The second kappa shape index (κ2) is 6.27. The first-order chi connectivity index (χ1) is 8.99. The number of hydrogen-bond acceptors (Lipinski definition) is 2. The Labute approximate surface area is 125 Å². The van der Waals surface area contributed by atoms with E-state index < -0.39 is 0 Å². The summed E-state index contributed by atoms with van der Waals surface area (Å²) in [4.78, 5) is 2.45. The van der Waals surface area contributed by atoms with Crippen molar-refractivity contribution >= 4 is 21.6 Å². The highest BCUT2D eigenvalue weighted by molar-refractivity contribution is 9.10. The average molecular weight is 325 g/mol.